The fourth-order valence-electron chi connectivity index (χ4n) is 3.39. The predicted molar refractivity (Wildman–Crippen MR) is 153 cm³/mol. The van der Waals surface area contributed by atoms with Crippen LogP contribution in [-0.2, 0) is 16.0 Å². The van der Waals surface area contributed by atoms with E-state index in [4.69, 9.17) is 10.00 Å². The van der Waals surface area contributed by atoms with Crippen molar-refractivity contribution < 1.29 is 14.3 Å². The molecular weight excluding hydrogens is 512 g/mol. The Morgan fingerprint density at radius 1 is 1.07 bits per heavy atom. The Labute approximate surface area is 233 Å². The van der Waals surface area contributed by atoms with E-state index >= 15 is 0 Å². The minimum Gasteiger partial charge on any atom is -0.444 e. The second-order valence-corrected chi connectivity index (χ2v) is 10.2. The maximum Gasteiger partial charge on any atom is 0.410 e. The molecule has 0 bridgehead atoms. The maximum atomic E-state index is 12.6. The van der Waals surface area contributed by atoms with Gasteiger partial charge in [-0.15, -0.1) is 0 Å². The summed E-state index contributed by atoms with van der Waals surface area (Å²) in [4.78, 5) is 35.2. The third-order valence-corrected chi connectivity index (χ3v) is 5.55. The summed E-state index contributed by atoms with van der Waals surface area (Å²) in [5.74, 6) is 1.65. The third-order valence-electron chi connectivity index (χ3n) is 5.55. The van der Waals surface area contributed by atoms with Crippen molar-refractivity contribution in [1.29, 1.82) is 5.26 Å². The summed E-state index contributed by atoms with van der Waals surface area (Å²) in [6.07, 6.45) is -0.235. The van der Waals surface area contributed by atoms with Gasteiger partial charge in [0.25, 0.3) is 0 Å². The first-order valence-corrected chi connectivity index (χ1v) is 12.8. The predicted octanol–water partition coefficient (Wildman–Crippen LogP) is 3.84. The number of aryl methyl sites for hydroxylation is 1. The van der Waals surface area contributed by atoms with E-state index in [1.54, 1.807) is 33.8 Å². The van der Waals surface area contributed by atoms with Crippen molar-refractivity contribution >= 4 is 41.1 Å². The molecule has 3 rings (SSSR count). The van der Waals surface area contributed by atoms with E-state index in [1.165, 1.54) is 11.9 Å². The van der Waals surface area contributed by atoms with Gasteiger partial charge in [-0.3, -0.25) is 14.8 Å². The largest absolute Gasteiger partial charge is 0.444 e. The number of rotatable bonds is 11. The SMILES string of the molecule is Cc1cc(Nc2cc(NCCNC(=O)[C@H](C)N(C)C(=O)OC(C)(C)C)nc(Nc3ccc(CC#N)cc3)n2)n[nH]1. The Kier molecular flexibility index (Phi) is 9.86. The lowest BCUT2D eigenvalue weighted by atomic mass is 10.1. The minimum atomic E-state index is -0.711. The van der Waals surface area contributed by atoms with Crippen LogP contribution in [0.5, 0.6) is 0 Å². The Morgan fingerprint density at radius 3 is 2.40 bits per heavy atom. The quantitative estimate of drug-likeness (QED) is 0.222. The molecular formula is C27H36N10O3. The molecule has 0 saturated heterocycles. The van der Waals surface area contributed by atoms with Crippen molar-refractivity contribution in [1.82, 2.24) is 30.4 Å². The van der Waals surface area contributed by atoms with Gasteiger partial charge in [-0.25, -0.2) is 4.79 Å². The van der Waals surface area contributed by atoms with Gasteiger partial charge in [-0.1, -0.05) is 12.1 Å². The summed E-state index contributed by atoms with van der Waals surface area (Å²) >= 11 is 0. The number of benzene rings is 1. The van der Waals surface area contributed by atoms with Gasteiger partial charge in [0.1, 0.15) is 23.3 Å². The van der Waals surface area contributed by atoms with Crippen molar-refractivity contribution in [3.63, 3.8) is 0 Å². The number of nitrogens with zero attached hydrogens (tertiary/aromatic N) is 5. The standard InChI is InChI=1S/C27H36N10O3/c1-17-15-23(36-35-17)32-22-16-21(33-25(34-22)31-20-9-7-19(8-10-20)11-12-28)29-13-14-30-24(38)18(2)37(6)26(39)40-27(3,4)5/h7-10,15-16,18H,11,13-14H2,1-6H3,(H,30,38)(H4,29,31,32,33,34,35,36)/t18-/m0/s1. The highest BCUT2D eigenvalue weighted by atomic mass is 16.6. The number of hydrogen-bond acceptors (Lipinski definition) is 10. The molecule has 1 aromatic carbocycles. The molecule has 40 heavy (non-hydrogen) atoms. The molecule has 5 N–H and O–H groups in total. The number of nitrogens with one attached hydrogen (secondary N) is 5. The molecule has 2 amide bonds. The average molecular weight is 549 g/mol. The van der Waals surface area contributed by atoms with Crippen LogP contribution < -0.4 is 21.3 Å². The molecule has 13 nitrogen and oxygen atoms in total. The highest BCUT2D eigenvalue weighted by Gasteiger charge is 2.26. The summed E-state index contributed by atoms with van der Waals surface area (Å²) in [5, 5.41) is 28.3. The normalized spacial score (nSPS) is 11.6. The van der Waals surface area contributed by atoms with Crippen molar-refractivity contribution in [2.45, 2.75) is 52.7 Å². The number of ether oxygens (including phenoxy) is 1. The average Bonchev–Trinajstić information content (AvgIpc) is 3.30. The van der Waals surface area contributed by atoms with Crippen molar-refractivity contribution in [2.24, 2.45) is 0 Å². The third kappa shape index (κ3) is 9.16. The smallest absolute Gasteiger partial charge is 0.410 e. The van der Waals surface area contributed by atoms with Gasteiger partial charge in [-0.05, 0) is 52.3 Å². The first-order valence-electron chi connectivity index (χ1n) is 12.8. The molecule has 0 aliphatic carbocycles. The molecule has 0 saturated carbocycles. The molecule has 2 heterocycles. The van der Waals surface area contributed by atoms with E-state index in [0.29, 0.717) is 42.9 Å². The fourth-order valence-corrected chi connectivity index (χ4v) is 3.39. The molecule has 0 fully saturated rings. The number of nitriles is 1. The van der Waals surface area contributed by atoms with Crippen LogP contribution in [-0.4, -0.2) is 68.8 Å². The van der Waals surface area contributed by atoms with E-state index in [1.807, 2.05) is 37.3 Å². The number of H-pyrrole nitrogens is 1. The zero-order valence-electron chi connectivity index (χ0n) is 23.6. The number of likely N-dealkylation sites (N-methyl/N-ethyl adjacent to an activating group) is 1. The number of carbonyl (C=O) groups excluding carboxylic acids is 2. The molecule has 0 aliphatic heterocycles. The lowest BCUT2D eigenvalue weighted by Crippen LogP contribution is -2.48. The molecule has 0 aliphatic rings. The second-order valence-electron chi connectivity index (χ2n) is 10.2. The Hall–Kier alpha value is -4.86. The van der Waals surface area contributed by atoms with Gasteiger partial charge in [0.2, 0.25) is 11.9 Å². The number of carbonyl (C=O) groups is 2. The lowest BCUT2D eigenvalue weighted by Gasteiger charge is -2.28. The zero-order chi connectivity index (χ0) is 29.3. The van der Waals surface area contributed by atoms with Gasteiger partial charge < -0.3 is 26.0 Å². The number of amides is 2. The second kappa shape index (κ2) is 13.3. The summed E-state index contributed by atoms with van der Waals surface area (Å²) in [6, 6.07) is 12.4. The van der Waals surface area contributed by atoms with Crippen molar-refractivity contribution in [3.8, 4) is 6.07 Å². The van der Waals surface area contributed by atoms with E-state index < -0.39 is 17.7 Å². The van der Waals surface area contributed by atoms with Gasteiger partial charge in [0.15, 0.2) is 5.82 Å². The van der Waals surface area contributed by atoms with Crippen LogP contribution in [0.15, 0.2) is 36.4 Å². The first kappa shape index (κ1) is 29.7. The molecule has 1 atom stereocenters. The summed E-state index contributed by atoms with van der Waals surface area (Å²) in [7, 11) is 1.53. The number of aromatic nitrogens is 4. The van der Waals surface area contributed by atoms with Crippen molar-refractivity contribution in [3.05, 3.63) is 47.7 Å². The van der Waals surface area contributed by atoms with Gasteiger partial charge in [-0.2, -0.15) is 20.3 Å². The zero-order valence-corrected chi connectivity index (χ0v) is 23.6. The fraction of sp³-hybridized carbons (Fsp3) is 0.407. The molecule has 0 radical (unpaired) electrons. The first-order chi connectivity index (χ1) is 18.9. The Morgan fingerprint density at radius 2 is 1.77 bits per heavy atom. The Balaban J connectivity index is 1.63. The molecule has 0 unspecified atom stereocenters. The van der Waals surface area contributed by atoms with Crippen LogP contribution in [0.3, 0.4) is 0 Å². The highest BCUT2D eigenvalue weighted by Crippen LogP contribution is 2.21. The number of anilines is 5. The van der Waals surface area contributed by atoms with E-state index in [2.05, 4.69) is 47.5 Å². The molecule has 2 aromatic heterocycles. The maximum absolute atomic E-state index is 12.6. The van der Waals surface area contributed by atoms with Crippen LogP contribution >= 0.6 is 0 Å². The molecule has 212 valence electrons. The number of aromatic amines is 1. The lowest BCUT2D eigenvalue weighted by molar-refractivity contribution is -0.125. The molecule has 13 heteroatoms. The number of hydrogen-bond donors (Lipinski definition) is 5. The highest BCUT2D eigenvalue weighted by molar-refractivity contribution is 5.85. The van der Waals surface area contributed by atoms with E-state index in [0.717, 1.165) is 16.9 Å². The van der Waals surface area contributed by atoms with Crippen LogP contribution in [0, 0.1) is 18.3 Å². The van der Waals surface area contributed by atoms with Crippen LogP contribution in [0.25, 0.3) is 0 Å². The Bertz CT molecular complexity index is 1340. The van der Waals surface area contributed by atoms with E-state index in [9.17, 15) is 9.59 Å². The van der Waals surface area contributed by atoms with Gasteiger partial charge >= 0.3 is 6.09 Å². The minimum absolute atomic E-state index is 0.291. The van der Waals surface area contributed by atoms with Gasteiger partial charge in [0.05, 0.1) is 12.5 Å². The van der Waals surface area contributed by atoms with Crippen LogP contribution in [0.2, 0.25) is 0 Å². The molecule has 0 spiro atoms. The topological polar surface area (TPSA) is 173 Å². The van der Waals surface area contributed by atoms with Crippen LogP contribution in [0.4, 0.5) is 33.9 Å². The van der Waals surface area contributed by atoms with Gasteiger partial charge in [0, 0.05) is 43.7 Å². The van der Waals surface area contributed by atoms with Crippen molar-refractivity contribution in [2.75, 3.05) is 36.1 Å². The van der Waals surface area contributed by atoms with E-state index in [-0.39, 0.29) is 5.91 Å². The monoisotopic (exact) mass is 548 g/mol. The molecule has 3 aromatic rings. The van der Waals surface area contributed by atoms with Crippen LogP contribution in [0.1, 0.15) is 39.0 Å². The summed E-state index contributed by atoms with van der Waals surface area (Å²) in [5.41, 5.74) is 1.92. The summed E-state index contributed by atoms with van der Waals surface area (Å²) < 4.78 is 5.33. The summed E-state index contributed by atoms with van der Waals surface area (Å²) in [6.45, 7) is 9.51.